The predicted molar refractivity (Wildman–Crippen MR) is 135 cm³/mol. The van der Waals surface area contributed by atoms with Crippen molar-refractivity contribution in [2.45, 2.75) is 26.7 Å². The quantitative estimate of drug-likeness (QED) is 0.172. The van der Waals surface area contributed by atoms with E-state index in [9.17, 15) is 14.9 Å². The Morgan fingerprint density at radius 3 is 2.44 bits per heavy atom. The lowest BCUT2D eigenvalue weighted by Crippen LogP contribution is -2.15. The highest BCUT2D eigenvalue weighted by Gasteiger charge is 2.25. The molecule has 0 radical (unpaired) electrons. The molecule has 1 N–H and O–H groups in total. The molecule has 3 rings (SSSR count). The summed E-state index contributed by atoms with van der Waals surface area (Å²) >= 11 is 1.27. The van der Waals surface area contributed by atoms with Crippen molar-refractivity contribution in [1.82, 2.24) is 0 Å². The van der Waals surface area contributed by atoms with Crippen molar-refractivity contribution in [3.8, 4) is 22.9 Å². The van der Waals surface area contributed by atoms with Gasteiger partial charge in [0.1, 0.15) is 28.0 Å². The number of aryl methyl sites for hydroxylation is 1. The molecule has 0 saturated carbocycles. The van der Waals surface area contributed by atoms with Crippen molar-refractivity contribution in [2.24, 2.45) is 0 Å². The number of thiophene rings is 1. The topological polar surface area (TPSA) is 88.4 Å². The van der Waals surface area contributed by atoms with Crippen LogP contribution in [0.1, 0.15) is 40.6 Å². The summed E-state index contributed by atoms with van der Waals surface area (Å²) in [6.45, 7) is 4.62. The molecule has 0 aliphatic heterocycles. The Morgan fingerprint density at radius 1 is 1.12 bits per heavy atom. The number of nitrogens with one attached hydrogen (secondary N) is 1. The lowest BCUT2D eigenvalue weighted by atomic mass is 10.0. The maximum atomic E-state index is 12.9. The minimum absolute atomic E-state index is 0.0808. The second kappa shape index (κ2) is 11.8. The smallest absolute Gasteiger partial charge is 0.341 e. The number of unbranched alkanes of at least 4 members (excludes halogenated alkanes) is 1. The van der Waals surface area contributed by atoms with Gasteiger partial charge >= 0.3 is 5.97 Å². The second-order valence-electron chi connectivity index (χ2n) is 7.49. The Bertz CT molecular complexity index is 1220. The van der Waals surface area contributed by atoms with Crippen LogP contribution in [0.3, 0.4) is 0 Å². The van der Waals surface area contributed by atoms with E-state index in [2.05, 4.69) is 12.2 Å². The Morgan fingerprint density at radius 2 is 1.82 bits per heavy atom. The standard InChI is InChI=1S/C27H26N2O4S/c1-4-5-15-33-22-13-11-19(12-14-22)16-21(17-28)25(30)29-26-24(27(31)32-3)23(18(2)34-26)20-9-7-6-8-10-20/h6-14,16H,4-5,15H2,1-3H3,(H,29,30)/b21-16+. The summed E-state index contributed by atoms with van der Waals surface area (Å²) in [6, 6.07) is 18.6. The number of anilines is 1. The van der Waals surface area contributed by atoms with Crippen LogP contribution in [0.15, 0.2) is 60.2 Å². The summed E-state index contributed by atoms with van der Waals surface area (Å²) in [4.78, 5) is 26.4. The van der Waals surface area contributed by atoms with Gasteiger partial charge in [-0.15, -0.1) is 11.3 Å². The van der Waals surface area contributed by atoms with Crippen molar-refractivity contribution < 1.29 is 19.1 Å². The third kappa shape index (κ3) is 5.91. The summed E-state index contributed by atoms with van der Waals surface area (Å²) < 4.78 is 10.6. The number of amides is 1. The number of methoxy groups -OCH3 is 1. The van der Waals surface area contributed by atoms with Gasteiger partial charge < -0.3 is 14.8 Å². The van der Waals surface area contributed by atoms with Gasteiger partial charge in [0.2, 0.25) is 0 Å². The van der Waals surface area contributed by atoms with Gasteiger partial charge in [0.05, 0.1) is 13.7 Å². The van der Waals surface area contributed by atoms with Crippen LogP contribution < -0.4 is 10.1 Å². The number of hydrogen-bond donors (Lipinski definition) is 1. The fourth-order valence-electron chi connectivity index (χ4n) is 3.36. The largest absolute Gasteiger partial charge is 0.494 e. The van der Waals surface area contributed by atoms with E-state index in [-0.39, 0.29) is 11.1 Å². The maximum Gasteiger partial charge on any atom is 0.341 e. The van der Waals surface area contributed by atoms with Crippen molar-refractivity contribution in [2.75, 3.05) is 19.0 Å². The van der Waals surface area contributed by atoms with E-state index in [1.807, 2.05) is 43.3 Å². The molecule has 7 heteroatoms. The van der Waals surface area contributed by atoms with Gasteiger partial charge in [0, 0.05) is 10.4 Å². The predicted octanol–water partition coefficient (Wildman–Crippen LogP) is 6.23. The van der Waals surface area contributed by atoms with Crippen LogP contribution in [0.25, 0.3) is 17.2 Å². The molecule has 0 saturated heterocycles. The van der Waals surface area contributed by atoms with Gasteiger partial charge in [-0.05, 0) is 42.7 Å². The maximum absolute atomic E-state index is 12.9. The Balaban J connectivity index is 1.86. The van der Waals surface area contributed by atoms with Crippen LogP contribution in [0, 0.1) is 18.3 Å². The van der Waals surface area contributed by atoms with E-state index in [1.54, 1.807) is 24.3 Å². The van der Waals surface area contributed by atoms with E-state index in [0.29, 0.717) is 22.7 Å². The van der Waals surface area contributed by atoms with E-state index < -0.39 is 11.9 Å². The van der Waals surface area contributed by atoms with E-state index >= 15 is 0 Å². The van der Waals surface area contributed by atoms with Gasteiger partial charge in [0.25, 0.3) is 5.91 Å². The fraction of sp³-hybridized carbons (Fsp3) is 0.222. The lowest BCUT2D eigenvalue weighted by Gasteiger charge is -2.08. The summed E-state index contributed by atoms with van der Waals surface area (Å²) in [6.07, 6.45) is 3.53. The molecule has 1 aromatic heterocycles. The number of hydrogen-bond acceptors (Lipinski definition) is 6. The number of ether oxygens (including phenoxy) is 2. The van der Waals surface area contributed by atoms with Gasteiger partial charge in [-0.2, -0.15) is 5.26 Å². The third-order valence-electron chi connectivity index (χ3n) is 5.09. The molecule has 0 fully saturated rings. The highest BCUT2D eigenvalue weighted by atomic mass is 32.1. The lowest BCUT2D eigenvalue weighted by molar-refractivity contribution is -0.112. The molecule has 174 valence electrons. The van der Waals surface area contributed by atoms with Crippen LogP contribution in [-0.2, 0) is 9.53 Å². The number of carbonyl (C=O) groups excluding carboxylic acids is 2. The molecule has 6 nitrogen and oxygen atoms in total. The van der Waals surface area contributed by atoms with Crippen LogP contribution in [-0.4, -0.2) is 25.6 Å². The number of nitrogens with zero attached hydrogens (tertiary/aromatic N) is 1. The highest BCUT2D eigenvalue weighted by Crippen LogP contribution is 2.40. The van der Waals surface area contributed by atoms with Crippen LogP contribution in [0.5, 0.6) is 5.75 Å². The van der Waals surface area contributed by atoms with E-state index in [0.717, 1.165) is 29.0 Å². The first-order valence-electron chi connectivity index (χ1n) is 10.9. The molecular weight excluding hydrogens is 448 g/mol. The normalized spacial score (nSPS) is 10.9. The number of benzene rings is 2. The Labute approximate surface area is 203 Å². The second-order valence-corrected chi connectivity index (χ2v) is 8.71. The Hall–Kier alpha value is -3.89. The van der Waals surface area contributed by atoms with Crippen molar-refractivity contribution in [1.29, 1.82) is 5.26 Å². The molecule has 0 atom stereocenters. The van der Waals surface area contributed by atoms with Crippen molar-refractivity contribution >= 4 is 34.3 Å². The number of rotatable bonds is 9. The zero-order valence-electron chi connectivity index (χ0n) is 19.4. The first-order chi connectivity index (χ1) is 16.5. The van der Waals surface area contributed by atoms with Crippen LogP contribution in [0.4, 0.5) is 5.00 Å². The van der Waals surface area contributed by atoms with E-state index in [1.165, 1.54) is 24.5 Å². The number of nitriles is 1. The van der Waals surface area contributed by atoms with Crippen LogP contribution >= 0.6 is 11.3 Å². The SMILES string of the molecule is CCCCOc1ccc(/C=C(\C#N)C(=O)Nc2sc(C)c(-c3ccccc3)c2C(=O)OC)cc1. The summed E-state index contributed by atoms with van der Waals surface area (Å²) in [7, 11) is 1.30. The molecule has 34 heavy (non-hydrogen) atoms. The molecule has 2 aromatic carbocycles. The molecule has 1 heterocycles. The molecule has 0 bridgehead atoms. The van der Waals surface area contributed by atoms with Crippen LogP contribution in [0.2, 0.25) is 0 Å². The molecule has 3 aromatic rings. The average molecular weight is 475 g/mol. The van der Waals surface area contributed by atoms with Gasteiger partial charge in [-0.1, -0.05) is 55.8 Å². The van der Waals surface area contributed by atoms with Crippen molar-refractivity contribution in [3.05, 3.63) is 76.2 Å². The van der Waals surface area contributed by atoms with Gasteiger partial charge in [-0.3, -0.25) is 4.79 Å². The van der Waals surface area contributed by atoms with Gasteiger partial charge in [0.15, 0.2) is 0 Å². The Kier molecular flexibility index (Phi) is 8.60. The minimum atomic E-state index is -0.600. The summed E-state index contributed by atoms with van der Waals surface area (Å²) in [5.74, 6) is -0.421. The monoisotopic (exact) mass is 474 g/mol. The molecule has 0 unspecified atom stereocenters. The van der Waals surface area contributed by atoms with E-state index in [4.69, 9.17) is 9.47 Å². The highest BCUT2D eigenvalue weighted by molar-refractivity contribution is 7.17. The molecule has 0 aliphatic rings. The third-order valence-corrected chi connectivity index (χ3v) is 6.11. The fourth-order valence-corrected chi connectivity index (χ4v) is 4.42. The minimum Gasteiger partial charge on any atom is -0.494 e. The number of carbonyl (C=O) groups is 2. The zero-order valence-corrected chi connectivity index (χ0v) is 20.2. The zero-order chi connectivity index (χ0) is 24.5. The molecule has 0 spiro atoms. The summed E-state index contributed by atoms with van der Waals surface area (Å²) in [5, 5.41) is 12.7. The molecule has 0 aliphatic carbocycles. The van der Waals surface area contributed by atoms with Crippen molar-refractivity contribution in [3.63, 3.8) is 0 Å². The summed E-state index contributed by atoms with van der Waals surface area (Å²) in [5.41, 5.74) is 2.43. The first-order valence-corrected chi connectivity index (χ1v) is 11.7. The first kappa shape index (κ1) is 24.7. The molecular formula is C27H26N2O4S. The molecule has 1 amide bonds. The average Bonchev–Trinajstić information content (AvgIpc) is 3.18. The number of esters is 1. The van der Waals surface area contributed by atoms with Gasteiger partial charge in [-0.25, -0.2) is 4.79 Å².